The zero-order valence-corrected chi connectivity index (χ0v) is 11.3. The van der Waals surface area contributed by atoms with E-state index in [1.54, 1.807) is 6.20 Å². The fourth-order valence-corrected chi connectivity index (χ4v) is 1.61. The van der Waals surface area contributed by atoms with Gasteiger partial charge in [-0.3, -0.25) is 4.79 Å². The molecule has 0 aliphatic rings. The SMILES string of the molecule is CC(C)CCC(C)NC(=O)Cn1cc(CO)nn1. The molecule has 0 aliphatic carbocycles. The molecule has 6 heteroatoms. The number of carbonyl (C=O) groups is 1. The number of nitrogens with zero attached hydrogens (tertiary/aromatic N) is 3. The Morgan fingerprint density at radius 2 is 2.17 bits per heavy atom. The number of aliphatic hydroxyl groups is 1. The minimum absolute atomic E-state index is 0.0827. The van der Waals surface area contributed by atoms with Crippen LogP contribution < -0.4 is 5.32 Å². The third-order valence-corrected chi connectivity index (χ3v) is 2.64. The molecule has 0 fully saturated rings. The van der Waals surface area contributed by atoms with E-state index in [1.165, 1.54) is 4.68 Å². The lowest BCUT2D eigenvalue weighted by molar-refractivity contribution is -0.122. The third kappa shape index (κ3) is 5.27. The number of carbonyl (C=O) groups excluding carboxylic acids is 1. The standard InChI is InChI=1S/C12H22N4O2/c1-9(2)4-5-10(3)13-12(18)7-16-6-11(8-17)14-15-16/h6,9-10,17H,4-5,7-8H2,1-3H3,(H,13,18). The first-order chi connectivity index (χ1) is 8.51. The van der Waals surface area contributed by atoms with Crippen LogP contribution in [0.5, 0.6) is 0 Å². The largest absolute Gasteiger partial charge is 0.390 e. The highest BCUT2D eigenvalue weighted by Crippen LogP contribution is 2.06. The summed E-state index contributed by atoms with van der Waals surface area (Å²) < 4.78 is 1.43. The van der Waals surface area contributed by atoms with Crippen LogP contribution in [0, 0.1) is 5.92 Å². The van der Waals surface area contributed by atoms with E-state index in [1.807, 2.05) is 6.92 Å². The van der Waals surface area contributed by atoms with Crippen molar-refractivity contribution in [2.24, 2.45) is 5.92 Å². The Hall–Kier alpha value is -1.43. The second-order valence-corrected chi connectivity index (χ2v) is 5.01. The van der Waals surface area contributed by atoms with E-state index in [4.69, 9.17) is 5.11 Å². The maximum atomic E-state index is 11.7. The van der Waals surface area contributed by atoms with Crippen molar-refractivity contribution in [2.75, 3.05) is 0 Å². The zero-order chi connectivity index (χ0) is 13.5. The molecule has 1 amide bonds. The highest BCUT2D eigenvalue weighted by Gasteiger charge is 2.09. The van der Waals surface area contributed by atoms with Crippen LogP contribution >= 0.6 is 0 Å². The van der Waals surface area contributed by atoms with Crippen LogP contribution in [-0.4, -0.2) is 32.0 Å². The normalized spacial score (nSPS) is 12.7. The molecule has 6 nitrogen and oxygen atoms in total. The van der Waals surface area contributed by atoms with Gasteiger partial charge in [0, 0.05) is 6.04 Å². The van der Waals surface area contributed by atoms with Gasteiger partial charge in [-0.2, -0.15) is 0 Å². The molecule has 0 spiro atoms. The Morgan fingerprint density at radius 3 is 2.72 bits per heavy atom. The van der Waals surface area contributed by atoms with Gasteiger partial charge >= 0.3 is 0 Å². The zero-order valence-electron chi connectivity index (χ0n) is 11.3. The predicted molar refractivity (Wildman–Crippen MR) is 67.6 cm³/mol. The van der Waals surface area contributed by atoms with Crippen molar-refractivity contribution in [3.05, 3.63) is 11.9 Å². The lowest BCUT2D eigenvalue weighted by Gasteiger charge is -2.14. The molecule has 1 heterocycles. The summed E-state index contributed by atoms with van der Waals surface area (Å²) in [6.07, 6.45) is 3.64. The van der Waals surface area contributed by atoms with Crippen molar-refractivity contribution in [2.45, 2.75) is 52.8 Å². The second-order valence-electron chi connectivity index (χ2n) is 5.01. The molecule has 0 aromatic carbocycles. The van der Waals surface area contributed by atoms with Crippen molar-refractivity contribution in [1.82, 2.24) is 20.3 Å². The molecule has 0 radical (unpaired) electrons. The molecular formula is C12H22N4O2. The Balaban J connectivity index is 2.32. The average Bonchev–Trinajstić information content (AvgIpc) is 2.73. The van der Waals surface area contributed by atoms with Gasteiger partial charge < -0.3 is 10.4 Å². The van der Waals surface area contributed by atoms with Crippen LogP contribution in [0.1, 0.15) is 39.3 Å². The van der Waals surface area contributed by atoms with Gasteiger partial charge in [-0.15, -0.1) is 5.10 Å². The molecular weight excluding hydrogens is 232 g/mol. The molecule has 0 aliphatic heterocycles. The Kier molecular flexibility index (Phi) is 5.77. The molecule has 1 aromatic rings. The fraction of sp³-hybridized carbons (Fsp3) is 0.750. The van der Waals surface area contributed by atoms with Crippen LogP contribution in [0.3, 0.4) is 0 Å². The molecule has 18 heavy (non-hydrogen) atoms. The summed E-state index contributed by atoms with van der Waals surface area (Å²) in [5.41, 5.74) is 0.468. The van der Waals surface area contributed by atoms with Gasteiger partial charge in [0.05, 0.1) is 12.8 Å². The third-order valence-electron chi connectivity index (χ3n) is 2.64. The minimum Gasteiger partial charge on any atom is -0.390 e. The first-order valence-electron chi connectivity index (χ1n) is 6.30. The summed E-state index contributed by atoms with van der Waals surface area (Å²) in [7, 11) is 0. The first kappa shape index (κ1) is 14.6. The first-order valence-corrected chi connectivity index (χ1v) is 6.30. The van der Waals surface area contributed by atoms with E-state index in [0.717, 1.165) is 12.8 Å². The van der Waals surface area contributed by atoms with Crippen LogP contribution in [0.4, 0.5) is 0 Å². The molecule has 1 aromatic heterocycles. The van der Waals surface area contributed by atoms with E-state index in [0.29, 0.717) is 11.6 Å². The smallest absolute Gasteiger partial charge is 0.242 e. The molecule has 0 saturated carbocycles. The molecule has 0 bridgehead atoms. The minimum atomic E-state index is -0.160. The highest BCUT2D eigenvalue weighted by molar-refractivity contribution is 5.75. The second kappa shape index (κ2) is 7.10. The monoisotopic (exact) mass is 254 g/mol. The number of rotatable bonds is 7. The Bertz CT molecular complexity index is 376. The van der Waals surface area contributed by atoms with Gasteiger partial charge in [-0.1, -0.05) is 19.1 Å². The van der Waals surface area contributed by atoms with Crippen molar-refractivity contribution < 1.29 is 9.90 Å². The van der Waals surface area contributed by atoms with Crippen molar-refractivity contribution in [3.63, 3.8) is 0 Å². The Labute approximate surface area is 107 Å². The molecule has 0 saturated heterocycles. The number of aliphatic hydroxyl groups excluding tert-OH is 1. The molecule has 1 unspecified atom stereocenters. The number of hydrogen-bond donors (Lipinski definition) is 2. The van der Waals surface area contributed by atoms with E-state index in [-0.39, 0.29) is 25.1 Å². The van der Waals surface area contributed by atoms with Gasteiger partial charge in [-0.25, -0.2) is 4.68 Å². The van der Waals surface area contributed by atoms with Gasteiger partial charge in [-0.05, 0) is 25.7 Å². The Morgan fingerprint density at radius 1 is 1.44 bits per heavy atom. The van der Waals surface area contributed by atoms with Gasteiger partial charge in [0.15, 0.2) is 0 Å². The molecule has 1 atom stereocenters. The van der Waals surface area contributed by atoms with Gasteiger partial charge in [0.1, 0.15) is 12.2 Å². The summed E-state index contributed by atoms with van der Waals surface area (Å²) in [4.78, 5) is 11.7. The van der Waals surface area contributed by atoms with E-state index >= 15 is 0 Å². The van der Waals surface area contributed by atoms with E-state index in [9.17, 15) is 4.79 Å². The van der Waals surface area contributed by atoms with E-state index < -0.39 is 0 Å². The summed E-state index contributed by atoms with van der Waals surface area (Å²) in [6, 6.07) is 0.167. The molecule has 102 valence electrons. The lowest BCUT2D eigenvalue weighted by atomic mass is 10.0. The quantitative estimate of drug-likeness (QED) is 0.751. The lowest BCUT2D eigenvalue weighted by Crippen LogP contribution is -2.35. The van der Waals surface area contributed by atoms with Crippen LogP contribution in [-0.2, 0) is 17.9 Å². The van der Waals surface area contributed by atoms with Crippen molar-refractivity contribution >= 4 is 5.91 Å². The van der Waals surface area contributed by atoms with Crippen LogP contribution in [0.2, 0.25) is 0 Å². The van der Waals surface area contributed by atoms with Crippen molar-refractivity contribution in [3.8, 4) is 0 Å². The highest BCUT2D eigenvalue weighted by atomic mass is 16.3. The van der Waals surface area contributed by atoms with Gasteiger partial charge in [0.2, 0.25) is 5.91 Å². The van der Waals surface area contributed by atoms with E-state index in [2.05, 4.69) is 29.5 Å². The maximum Gasteiger partial charge on any atom is 0.242 e. The average molecular weight is 254 g/mol. The predicted octanol–water partition coefficient (Wildman–Crippen LogP) is 0.711. The maximum absolute atomic E-state index is 11.7. The summed E-state index contributed by atoms with van der Waals surface area (Å²) in [6.45, 7) is 6.31. The number of amides is 1. The topological polar surface area (TPSA) is 80.0 Å². The number of hydrogen-bond acceptors (Lipinski definition) is 4. The molecule has 1 rings (SSSR count). The molecule has 2 N–H and O–H groups in total. The van der Waals surface area contributed by atoms with Crippen LogP contribution in [0.15, 0.2) is 6.20 Å². The summed E-state index contributed by atoms with van der Waals surface area (Å²) in [5, 5.41) is 19.2. The number of nitrogens with one attached hydrogen (secondary N) is 1. The number of aromatic nitrogens is 3. The van der Waals surface area contributed by atoms with Gasteiger partial charge in [0.25, 0.3) is 0 Å². The summed E-state index contributed by atoms with van der Waals surface area (Å²) >= 11 is 0. The fourth-order valence-electron chi connectivity index (χ4n) is 1.61. The summed E-state index contributed by atoms with van der Waals surface area (Å²) in [5.74, 6) is 0.562. The van der Waals surface area contributed by atoms with Crippen molar-refractivity contribution in [1.29, 1.82) is 0 Å². The van der Waals surface area contributed by atoms with Crippen LogP contribution in [0.25, 0.3) is 0 Å².